The van der Waals surface area contributed by atoms with Crippen molar-refractivity contribution in [1.82, 2.24) is 5.32 Å². The average molecular weight is 514 g/mol. The number of aliphatic carboxylic acids is 1. The first-order valence-corrected chi connectivity index (χ1v) is 12.2. The summed E-state index contributed by atoms with van der Waals surface area (Å²) >= 11 is 0. The lowest BCUT2D eigenvalue weighted by atomic mass is 9.95. The van der Waals surface area contributed by atoms with E-state index in [1.165, 1.54) is 14.0 Å². The molecule has 0 aromatic heterocycles. The van der Waals surface area contributed by atoms with Gasteiger partial charge in [-0.2, -0.15) is 0 Å². The Balaban J connectivity index is 2.06. The number of carboxylic acid groups (broad SMARTS) is 1. The Labute approximate surface area is 216 Å². The number of methoxy groups -OCH3 is 3. The van der Waals surface area contributed by atoms with Gasteiger partial charge in [0.2, 0.25) is 17.1 Å². The van der Waals surface area contributed by atoms with Crippen molar-refractivity contribution in [2.75, 3.05) is 33.2 Å². The molecule has 37 heavy (non-hydrogen) atoms. The van der Waals surface area contributed by atoms with Gasteiger partial charge in [-0.25, -0.2) is 0 Å². The van der Waals surface area contributed by atoms with Gasteiger partial charge in [-0.3, -0.25) is 14.4 Å². The third kappa shape index (κ3) is 6.32. The number of nitrogens with one attached hydrogen (secondary N) is 2. The smallest absolute Gasteiger partial charge is 0.320 e. The van der Waals surface area contributed by atoms with Crippen molar-refractivity contribution >= 4 is 17.6 Å². The van der Waals surface area contributed by atoms with Gasteiger partial charge in [0.15, 0.2) is 11.5 Å². The van der Waals surface area contributed by atoms with Crippen LogP contribution in [0.2, 0.25) is 0 Å². The largest absolute Gasteiger partial charge is 0.493 e. The zero-order valence-corrected chi connectivity index (χ0v) is 21.7. The molecule has 0 spiro atoms. The molecule has 0 radical (unpaired) electrons. The summed E-state index contributed by atoms with van der Waals surface area (Å²) in [7, 11) is 4.65. The van der Waals surface area contributed by atoms with Crippen molar-refractivity contribution in [2.45, 2.75) is 51.1 Å². The molecule has 1 aliphatic rings. The molecule has 0 fully saturated rings. The van der Waals surface area contributed by atoms with Crippen molar-refractivity contribution in [3.63, 3.8) is 0 Å². The number of anilines is 1. The Morgan fingerprint density at radius 3 is 2.46 bits per heavy atom. The lowest BCUT2D eigenvalue weighted by molar-refractivity contribution is -0.138. The third-order valence-corrected chi connectivity index (χ3v) is 6.49. The summed E-state index contributed by atoms with van der Waals surface area (Å²) in [4.78, 5) is 36.2. The molecule has 0 unspecified atom stereocenters. The van der Waals surface area contributed by atoms with Crippen molar-refractivity contribution in [1.29, 1.82) is 0 Å². The van der Waals surface area contributed by atoms with E-state index in [9.17, 15) is 14.4 Å². The van der Waals surface area contributed by atoms with Gasteiger partial charge < -0.3 is 35.7 Å². The van der Waals surface area contributed by atoms with Crippen LogP contribution in [0.4, 0.5) is 5.69 Å². The minimum atomic E-state index is -1.02. The van der Waals surface area contributed by atoms with E-state index in [-0.39, 0.29) is 17.4 Å². The summed E-state index contributed by atoms with van der Waals surface area (Å²) in [6, 6.07) is 5.77. The van der Waals surface area contributed by atoms with Gasteiger partial charge in [0.25, 0.3) is 0 Å². The molecule has 0 heterocycles. The van der Waals surface area contributed by atoms with Crippen LogP contribution in [0, 0.1) is 0 Å². The zero-order chi connectivity index (χ0) is 27.1. The molecule has 3 rings (SSSR count). The van der Waals surface area contributed by atoms with Crippen LogP contribution < -0.4 is 36.0 Å². The molecule has 5 N–H and O–H groups in total. The normalized spacial score (nSPS) is 14.9. The number of amides is 1. The molecule has 1 amide bonds. The highest BCUT2D eigenvalue weighted by Gasteiger charge is 2.29. The van der Waals surface area contributed by atoms with Gasteiger partial charge >= 0.3 is 5.97 Å². The zero-order valence-electron chi connectivity index (χ0n) is 21.7. The molecule has 2 aromatic rings. The Bertz CT molecular complexity index is 1220. The van der Waals surface area contributed by atoms with E-state index in [2.05, 4.69) is 10.6 Å². The van der Waals surface area contributed by atoms with Gasteiger partial charge in [-0.05, 0) is 67.0 Å². The van der Waals surface area contributed by atoms with Crippen LogP contribution in [0.5, 0.6) is 17.2 Å². The Morgan fingerprint density at radius 2 is 1.84 bits per heavy atom. The van der Waals surface area contributed by atoms with Crippen molar-refractivity contribution < 1.29 is 28.9 Å². The lowest BCUT2D eigenvalue weighted by Gasteiger charge is -2.19. The van der Waals surface area contributed by atoms with Crippen LogP contribution in [-0.2, 0) is 16.0 Å². The number of benzene rings is 1. The molecule has 2 aromatic carbocycles. The van der Waals surface area contributed by atoms with Gasteiger partial charge in [0.1, 0.15) is 6.04 Å². The fourth-order valence-corrected chi connectivity index (χ4v) is 4.69. The molecule has 2 atom stereocenters. The summed E-state index contributed by atoms with van der Waals surface area (Å²) in [5.41, 5.74) is 8.91. The first-order valence-electron chi connectivity index (χ1n) is 12.2. The van der Waals surface area contributed by atoms with Crippen LogP contribution in [0.15, 0.2) is 29.1 Å². The van der Waals surface area contributed by atoms with Gasteiger partial charge in [0, 0.05) is 19.0 Å². The van der Waals surface area contributed by atoms with E-state index >= 15 is 0 Å². The van der Waals surface area contributed by atoms with Crippen LogP contribution >= 0.6 is 0 Å². The Hall–Kier alpha value is -3.79. The standard InChI is InChI=1S/C27H35N3O7/c1-15(31)30-20-10-8-16-13-23(35-2)25(36-3)26(37-4)24(16)17-9-11-21(22(32)14-18(17)20)29-12-6-5-7-19(28)27(33)34/h9,11,13-14,19-20H,5-8,10,12,28H2,1-4H3,(H,29,32)(H,30,31)(H,33,34)/t19-,20-/m1/s1. The van der Waals surface area contributed by atoms with E-state index in [1.54, 1.807) is 26.4 Å². The number of unbranched alkanes of at least 4 members (excludes halogenated alkanes) is 1. The number of carbonyl (C=O) groups excluding carboxylic acids is 1. The van der Waals surface area contributed by atoms with E-state index in [4.69, 9.17) is 25.1 Å². The first kappa shape index (κ1) is 27.8. The lowest BCUT2D eigenvalue weighted by Crippen LogP contribution is -2.29. The molecule has 0 saturated carbocycles. The van der Waals surface area contributed by atoms with E-state index in [0.29, 0.717) is 67.1 Å². The number of carbonyl (C=O) groups is 2. The third-order valence-electron chi connectivity index (χ3n) is 6.49. The maximum Gasteiger partial charge on any atom is 0.320 e. The number of hydrogen-bond acceptors (Lipinski definition) is 8. The number of aryl methyl sites for hydroxylation is 1. The fraction of sp³-hybridized carbons (Fsp3) is 0.444. The highest BCUT2D eigenvalue weighted by atomic mass is 16.5. The summed E-state index contributed by atoms with van der Waals surface area (Å²) in [5, 5.41) is 15.1. The maximum atomic E-state index is 13.2. The summed E-state index contributed by atoms with van der Waals surface area (Å²) in [6.07, 6.45) is 2.82. The molecule has 10 heteroatoms. The van der Waals surface area contributed by atoms with Crippen LogP contribution in [-0.4, -0.2) is 50.9 Å². The van der Waals surface area contributed by atoms with Crippen LogP contribution in [0.1, 0.15) is 49.8 Å². The summed E-state index contributed by atoms with van der Waals surface area (Å²) in [6.45, 7) is 1.94. The van der Waals surface area contributed by atoms with Gasteiger partial charge in [-0.1, -0.05) is 6.07 Å². The molecule has 0 bridgehead atoms. The van der Waals surface area contributed by atoms with Crippen molar-refractivity contribution in [2.24, 2.45) is 5.73 Å². The Morgan fingerprint density at radius 1 is 1.11 bits per heavy atom. The average Bonchev–Trinajstić information content (AvgIpc) is 3.11. The second-order valence-electron chi connectivity index (χ2n) is 8.96. The van der Waals surface area contributed by atoms with Gasteiger partial charge in [0.05, 0.1) is 33.1 Å². The van der Waals surface area contributed by atoms with Crippen molar-refractivity contribution in [3.8, 4) is 28.4 Å². The number of rotatable bonds is 11. The highest BCUT2D eigenvalue weighted by molar-refractivity contribution is 5.83. The predicted octanol–water partition coefficient (Wildman–Crippen LogP) is 2.86. The quantitative estimate of drug-likeness (QED) is 0.333. The van der Waals surface area contributed by atoms with Gasteiger partial charge in [-0.15, -0.1) is 0 Å². The minimum absolute atomic E-state index is 0.194. The Kier molecular flexibility index (Phi) is 9.35. The second-order valence-corrected chi connectivity index (χ2v) is 8.96. The number of hydrogen-bond donors (Lipinski definition) is 4. The SMILES string of the molecule is COc1cc2c(c(OC)c1OC)-c1ccc(NCCCC[C@@H](N)C(=O)O)c(=O)cc1[C@H](NC(C)=O)CC2. The molecule has 0 saturated heterocycles. The number of nitrogens with two attached hydrogens (primary N) is 1. The number of fused-ring (bicyclic) bond motifs is 3. The highest BCUT2D eigenvalue weighted by Crippen LogP contribution is 2.50. The number of ether oxygens (including phenoxy) is 3. The molecule has 1 aliphatic carbocycles. The molecular formula is C27H35N3O7. The molecule has 200 valence electrons. The van der Waals surface area contributed by atoms with E-state index < -0.39 is 12.0 Å². The van der Waals surface area contributed by atoms with E-state index in [0.717, 1.165) is 16.7 Å². The second kappa shape index (κ2) is 12.4. The molecular weight excluding hydrogens is 478 g/mol. The molecule has 10 nitrogen and oxygen atoms in total. The topological polar surface area (TPSA) is 149 Å². The fourth-order valence-electron chi connectivity index (χ4n) is 4.69. The van der Waals surface area contributed by atoms with Crippen LogP contribution in [0.25, 0.3) is 11.1 Å². The predicted molar refractivity (Wildman–Crippen MR) is 141 cm³/mol. The van der Waals surface area contributed by atoms with Crippen LogP contribution in [0.3, 0.4) is 0 Å². The first-order chi connectivity index (χ1) is 17.7. The minimum Gasteiger partial charge on any atom is -0.493 e. The van der Waals surface area contributed by atoms with E-state index in [1.807, 2.05) is 12.1 Å². The molecule has 0 aliphatic heterocycles. The number of carboxylic acids is 1. The summed E-state index contributed by atoms with van der Waals surface area (Å²) in [5.74, 6) is 0.252. The summed E-state index contributed by atoms with van der Waals surface area (Å²) < 4.78 is 16.9. The maximum absolute atomic E-state index is 13.2. The monoisotopic (exact) mass is 513 g/mol. The van der Waals surface area contributed by atoms with Crippen molar-refractivity contribution in [3.05, 3.63) is 45.6 Å².